The number of carbonyl (C=O) groups excluding carboxylic acids is 1. The van der Waals surface area contributed by atoms with Crippen molar-refractivity contribution in [2.24, 2.45) is 0 Å². The topological polar surface area (TPSA) is 64.6 Å². The van der Waals surface area contributed by atoms with Gasteiger partial charge in [0.1, 0.15) is 16.9 Å². The maximum Gasteiger partial charge on any atom is 0.256 e. The Morgan fingerprint density at radius 1 is 1.29 bits per heavy atom. The van der Waals surface area contributed by atoms with Crippen LogP contribution in [0.1, 0.15) is 32.5 Å². The van der Waals surface area contributed by atoms with Crippen LogP contribution in [0.15, 0.2) is 21.1 Å². The summed E-state index contributed by atoms with van der Waals surface area (Å²) in [5, 5.41) is 17.3. The van der Waals surface area contributed by atoms with Gasteiger partial charge in [-0.05, 0) is 68.6 Å². The van der Waals surface area contributed by atoms with E-state index in [1.807, 2.05) is 12.1 Å². The normalized spacial score (nSPS) is 20.1. The number of nitrogens with zero attached hydrogens (tertiary/aromatic N) is 1. The Kier molecular flexibility index (Phi) is 4.11. The maximum atomic E-state index is 12.7. The lowest BCUT2D eigenvalue weighted by Gasteiger charge is -2.27. The van der Waals surface area contributed by atoms with Crippen molar-refractivity contribution in [3.8, 4) is 5.75 Å². The molecule has 2 aliphatic rings. The van der Waals surface area contributed by atoms with Crippen LogP contribution >= 0.6 is 43.2 Å². The van der Waals surface area contributed by atoms with Gasteiger partial charge in [0.15, 0.2) is 0 Å². The van der Waals surface area contributed by atoms with Crippen molar-refractivity contribution in [3.63, 3.8) is 0 Å². The van der Waals surface area contributed by atoms with Crippen molar-refractivity contribution in [1.82, 2.24) is 10.2 Å². The number of fused-ring (bicyclic) bond motifs is 3. The molecule has 24 heavy (non-hydrogen) atoms. The van der Waals surface area contributed by atoms with E-state index in [0.717, 1.165) is 35.6 Å². The van der Waals surface area contributed by atoms with Crippen LogP contribution in [0.5, 0.6) is 5.75 Å². The average Bonchev–Trinajstić information content (AvgIpc) is 2.89. The summed E-state index contributed by atoms with van der Waals surface area (Å²) in [6, 6.07) is 3.62. The first-order chi connectivity index (χ1) is 11.4. The third-order valence-electron chi connectivity index (χ3n) is 4.40. The Hall–Kier alpha value is -1.09. The molecule has 5 nitrogen and oxygen atoms in total. The number of hydrogen-bond donors (Lipinski definition) is 3. The number of thiophene rings is 1. The van der Waals surface area contributed by atoms with Gasteiger partial charge in [-0.3, -0.25) is 4.79 Å². The number of halogens is 2. The summed E-state index contributed by atoms with van der Waals surface area (Å²) in [5.41, 5.74) is 2.86. The highest BCUT2D eigenvalue weighted by Gasteiger charge is 2.33. The van der Waals surface area contributed by atoms with Crippen molar-refractivity contribution in [1.29, 1.82) is 0 Å². The van der Waals surface area contributed by atoms with Crippen molar-refractivity contribution >= 4 is 54.1 Å². The maximum absolute atomic E-state index is 12.7. The highest BCUT2D eigenvalue weighted by atomic mass is 79.9. The number of nitrogens with one attached hydrogen (secondary N) is 2. The lowest BCUT2D eigenvalue weighted by molar-refractivity contribution is 0.0935. The Morgan fingerprint density at radius 3 is 2.71 bits per heavy atom. The monoisotopic (exact) mass is 471 g/mol. The minimum Gasteiger partial charge on any atom is -0.506 e. The van der Waals surface area contributed by atoms with Crippen LogP contribution in [-0.2, 0) is 13.0 Å². The lowest BCUT2D eigenvalue weighted by Crippen LogP contribution is -2.38. The Morgan fingerprint density at radius 2 is 2.00 bits per heavy atom. The van der Waals surface area contributed by atoms with Gasteiger partial charge in [0.2, 0.25) is 0 Å². The molecule has 1 atom stereocenters. The lowest BCUT2D eigenvalue weighted by atomic mass is 10.0. The smallest absolute Gasteiger partial charge is 0.256 e. The number of anilines is 1. The van der Waals surface area contributed by atoms with E-state index in [-0.39, 0.29) is 17.8 Å². The molecule has 0 bridgehead atoms. The highest BCUT2D eigenvalue weighted by molar-refractivity contribution is 9.11. The van der Waals surface area contributed by atoms with Gasteiger partial charge in [-0.1, -0.05) is 0 Å². The van der Waals surface area contributed by atoms with Crippen LogP contribution in [0.4, 0.5) is 5.00 Å². The van der Waals surface area contributed by atoms with Gasteiger partial charge in [-0.15, -0.1) is 11.3 Å². The SMILES string of the molecule is CN1CCc2c(sc3c2C(=O)NC(c2cc(Br)c(O)c(Br)c2)N3)C1. The Labute approximate surface area is 160 Å². The van der Waals surface area contributed by atoms with Crippen molar-refractivity contribution in [3.05, 3.63) is 42.6 Å². The zero-order chi connectivity index (χ0) is 17.0. The van der Waals surface area contributed by atoms with E-state index < -0.39 is 0 Å². The van der Waals surface area contributed by atoms with Gasteiger partial charge in [0, 0.05) is 18.0 Å². The summed E-state index contributed by atoms with van der Waals surface area (Å²) in [7, 11) is 2.10. The van der Waals surface area contributed by atoms with E-state index in [9.17, 15) is 9.90 Å². The molecule has 3 N–H and O–H groups in total. The number of amides is 1. The molecule has 3 heterocycles. The summed E-state index contributed by atoms with van der Waals surface area (Å²) in [6.45, 7) is 1.87. The zero-order valence-corrected chi connectivity index (χ0v) is 16.8. The van der Waals surface area contributed by atoms with E-state index >= 15 is 0 Å². The van der Waals surface area contributed by atoms with Gasteiger partial charge in [-0.25, -0.2) is 0 Å². The number of aromatic hydroxyl groups is 1. The zero-order valence-electron chi connectivity index (χ0n) is 12.8. The van der Waals surface area contributed by atoms with Gasteiger partial charge >= 0.3 is 0 Å². The molecule has 0 fully saturated rings. The van der Waals surface area contributed by atoms with E-state index in [1.165, 1.54) is 10.4 Å². The molecule has 1 aromatic carbocycles. The Balaban J connectivity index is 1.71. The van der Waals surface area contributed by atoms with Gasteiger partial charge < -0.3 is 20.6 Å². The average molecular weight is 473 g/mol. The van der Waals surface area contributed by atoms with Crippen LogP contribution in [0, 0.1) is 0 Å². The molecule has 0 radical (unpaired) electrons. The molecule has 1 aromatic heterocycles. The van der Waals surface area contributed by atoms with Crippen molar-refractivity contribution in [2.45, 2.75) is 19.1 Å². The molecular formula is C16H15Br2N3O2S. The summed E-state index contributed by atoms with van der Waals surface area (Å²) in [6.07, 6.45) is 0.587. The fraction of sp³-hybridized carbons (Fsp3) is 0.312. The second kappa shape index (κ2) is 6.01. The number of benzene rings is 1. The molecule has 2 aromatic rings. The fourth-order valence-corrected chi connectivity index (χ4v) is 5.74. The molecule has 0 saturated carbocycles. The Bertz CT molecular complexity index is 829. The third kappa shape index (κ3) is 2.65. The van der Waals surface area contributed by atoms with E-state index in [1.54, 1.807) is 11.3 Å². The number of phenolic OH excluding ortho intramolecular Hbond substituents is 1. The first kappa shape index (κ1) is 16.4. The van der Waals surface area contributed by atoms with Crippen molar-refractivity contribution < 1.29 is 9.90 Å². The standard InChI is InChI=1S/C16H15Br2N3O2S/c1-21-3-2-8-11(6-21)24-16-12(8)15(23)19-14(20-16)7-4-9(17)13(22)10(18)5-7/h4-5,14,20,22H,2-3,6H2,1H3,(H,19,23). The van der Waals surface area contributed by atoms with Gasteiger partial charge in [0.25, 0.3) is 5.91 Å². The van der Waals surface area contributed by atoms with Crippen LogP contribution in [0.2, 0.25) is 0 Å². The largest absolute Gasteiger partial charge is 0.506 e. The van der Waals surface area contributed by atoms with Crippen LogP contribution in [-0.4, -0.2) is 29.5 Å². The number of likely N-dealkylation sites (N-methyl/N-ethyl adjacent to an activating group) is 1. The number of hydrogen-bond acceptors (Lipinski definition) is 5. The number of carbonyl (C=O) groups is 1. The molecule has 126 valence electrons. The van der Waals surface area contributed by atoms with E-state index in [2.05, 4.69) is 54.4 Å². The molecule has 0 spiro atoms. The van der Waals surface area contributed by atoms with Crippen LogP contribution in [0.3, 0.4) is 0 Å². The quantitative estimate of drug-likeness (QED) is 0.590. The first-order valence-electron chi connectivity index (χ1n) is 7.52. The predicted octanol–water partition coefficient (Wildman–Crippen LogP) is 3.82. The highest BCUT2D eigenvalue weighted by Crippen LogP contribution is 2.42. The fourth-order valence-electron chi connectivity index (χ4n) is 3.16. The third-order valence-corrected chi connectivity index (χ3v) is 6.76. The van der Waals surface area contributed by atoms with Gasteiger partial charge in [0.05, 0.1) is 14.5 Å². The second-order valence-electron chi connectivity index (χ2n) is 6.08. The van der Waals surface area contributed by atoms with Gasteiger partial charge in [-0.2, -0.15) is 0 Å². The van der Waals surface area contributed by atoms with Crippen molar-refractivity contribution in [2.75, 3.05) is 18.9 Å². The molecular weight excluding hydrogens is 458 g/mol. The first-order valence-corrected chi connectivity index (χ1v) is 9.92. The minimum absolute atomic E-state index is 0.0314. The minimum atomic E-state index is -0.323. The summed E-state index contributed by atoms with van der Waals surface area (Å²) in [4.78, 5) is 16.2. The molecule has 8 heteroatoms. The molecule has 0 saturated heterocycles. The molecule has 0 aliphatic carbocycles. The summed E-state index contributed by atoms with van der Waals surface area (Å²) in [5.74, 6) is 0.118. The predicted molar refractivity (Wildman–Crippen MR) is 102 cm³/mol. The number of phenols is 1. The van der Waals surface area contributed by atoms with E-state index in [4.69, 9.17) is 0 Å². The van der Waals surface area contributed by atoms with E-state index in [0.29, 0.717) is 8.95 Å². The molecule has 1 unspecified atom stereocenters. The molecule has 2 aliphatic heterocycles. The van der Waals surface area contributed by atoms with Crippen LogP contribution < -0.4 is 10.6 Å². The number of rotatable bonds is 1. The molecule has 1 amide bonds. The van der Waals surface area contributed by atoms with Crippen LogP contribution in [0.25, 0.3) is 0 Å². The second-order valence-corrected chi connectivity index (χ2v) is 8.89. The summed E-state index contributed by atoms with van der Waals surface area (Å²) < 4.78 is 1.17. The summed E-state index contributed by atoms with van der Waals surface area (Å²) >= 11 is 8.35. The molecule has 4 rings (SSSR count).